The average Bonchev–Trinajstić information content (AvgIpc) is 2.41. The first kappa shape index (κ1) is 18.9. The van der Waals surface area contributed by atoms with Gasteiger partial charge in [0.05, 0.1) is 6.61 Å². The highest BCUT2D eigenvalue weighted by Crippen LogP contribution is 2.33. The van der Waals surface area contributed by atoms with Gasteiger partial charge in [-0.1, -0.05) is 60.8 Å². The van der Waals surface area contributed by atoms with Crippen LogP contribution < -0.4 is 0 Å². The normalized spacial score (nSPS) is 19.7. The Balaban J connectivity index is 4.15. The van der Waals surface area contributed by atoms with Gasteiger partial charge in [0.2, 0.25) is 0 Å². The molecule has 0 aliphatic heterocycles. The van der Waals surface area contributed by atoms with Crippen molar-refractivity contribution in [3.8, 4) is 0 Å². The molecule has 4 atom stereocenters. The maximum absolute atomic E-state index is 10.3. The van der Waals surface area contributed by atoms with Crippen molar-refractivity contribution in [1.82, 2.24) is 0 Å². The minimum atomic E-state index is -0.622. The Morgan fingerprint density at radius 1 is 1.11 bits per heavy atom. The fourth-order valence-corrected chi connectivity index (χ4v) is 2.43. The fraction of sp³-hybridized carbons (Fsp3) is 1.00. The summed E-state index contributed by atoms with van der Waals surface area (Å²) in [6, 6.07) is 0. The Labute approximate surface area is 120 Å². The molecule has 0 radical (unpaired) electrons. The van der Waals surface area contributed by atoms with Gasteiger partial charge in [0, 0.05) is 5.41 Å². The van der Waals surface area contributed by atoms with Gasteiger partial charge in [0.1, 0.15) is 0 Å². The molecule has 0 bridgehead atoms. The molecule has 0 saturated carbocycles. The van der Waals surface area contributed by atoms with Crippen LogP contribution in [0.3, 0.4) is 0 Å². The van der Waals surface area contributed by atoms with Crippen molar-refractivity contribution in [2.24, 2.45) is 17.3 Å². The molecular weight excluding hydrogens is 236 g/mol. The number of aliphatic hydroxyl groups excluding tert-OH is 1. The SMILES string of the molecule is CCCCC(C)(CC)C(O)OCC(C)CC(C)CC. The molecule has 2 nitrogen and oxygen atoms in total. The van der Waals surface area contributed by atoms with E-state index < -0.39 is 6.29 Å². The average molecular weight is 272 g/mol. The minimum absolute atomic E-state index is 0.0912. The lowest BCUT2D eigenvalue weighted by molar-refractivity contribution is -0.180. The molecule has 0 aromatic carbocycles. The summed E-state index contributed by atoms with van der Waals surface area (Å²) >= 11 is 0. The maximum atomic E-state index is 10.3. The van der Waals surface area contributed by atoms with Crippen LogP contribution in [0.1, 0.15) is 80.1 Å². The summed E-state index contributed by atoms with van der Waals surface area (Å²) in [7, 11) is 0. The zero-order chi connectivity index (χ0) is 14.9. The third-order valence-electron chi connectivity index (χ3n) is 4.55. The zero-order valence-electron chi connectivity index (χ0n) is 14.0. The quantitative estimate of drug-likeness (QED) is 0.536. The monoisotopic (exact) mass is 272 g/mol. The number of aliphatic hydroxyl groups is 1. The van der Waals surface area contributed by atoms with Crippen LogP contribution in [0.5, 0.6) is 0 Å². The topological polar surface area (TPSA) is 29.5 Å². The standard InChI is InChI=1S/C17H36O2/c1-7-10-11-17(6,9-3)16(18)19-13-15(5)12-14(4)8-2/h14-16,18H,7-13H2,1-6H3. The molecule has 0 rings (SSSR count). The fourth-order valence-electron chi connectivity index (χ4n) is 2.43. The van der Waals surface area contributed by atoms with Gasteiger partial charge in [-0.25, -0.2) is 0 Å². The molecule has 0 fully saturated rings. The first-order valence-corrected chi connectivity index (χ1v) is 8.19. The van der Waals surface area contributed by atoms with Crippen molar-refractivity contribution in [1.29, 1.82) is 0 Å². The number of rotatable bonds is 11. The summed E-state index contributed by atoms with van der Waals surface area (Å²) in [5.74, 6) is 1.27. The molecule has 0 aromatic heterocycles. The number of hydrogen-bond donors (Lipinski definition) is 1. The Bertz CT molecular complexity index is 217. The van der Waals surface area contributed by atoms with Crippen molar-refractivity contribution in [3.63, 3.8) is 0 Å². The van der Waals surface area contributed by atoms with E-state index in [1.165, 1.54) is 19.3 Å². The molecule has 2 heteroatoms. The second-order valence-electron chi connectivity index (χ2n) is 6.65. The van der Waals surface area contributed by atoms with Crippen molar-refractivity contribution in [2.45, 2.75) is 86.4 Å². The van der Waals surface area contributed by atoms with E-state index in [-0.39, 0.29) is 5.41 Å². The summed E-state index contributed by atoms with van der Waals surface area (Å²) in [6.45, 7) is 13.9. The molecule has 0 aliphatic carbocycles. The predicted molar refractivity (Wildman–Crippen MR) is 83.1 cm³/mol. The Morgan fingerprint density at radius 2 is 1.74 bits per heavy atom. The molecule has 0 spiro atoms. The van der Waals surface area contributed by atoms with Crippen LogP contribution in [0.15, 0.2) is 0 Å². The molecule has 116 valence electrons. The van der Waals surface area contributed by atoms with Crippen molar-refractivity contribution in [3.05, 3.63) is 0 Å². The van der Waals surface area contributed by atoms with E-state index in [1.54, 1.807) is 0 Å². The van der Waals surface area contributed by atoms with E-state index >= 15 is 0 Å². The molecular formula is C17H36O2. The molecule has 0 aliphatic rings. The minimum Gasteiger partial charge on any atom is -0.367 e. The van der Waals surface area contributed by atoms with Crippen LogP contribution in [0, 0.1) is 17.3 Å². The molecule has 0 aromatic rings. The Hall–Kier alpha value is -0.0800. The lowest BCUT2D eigenvalue weighted by Gasteiger charge is -2.34. The third-order valence-corrected chi connectivity index (χ3v) is 4.55. The zero-order valence-corrected chi connectivity index (χ0v) is 14.0. The summed E-state index contributed by atoms with van der Waals surface area (Å²) in [4.78, 5) is 0. The van der Waals surface area contributed by atoms with Gasteiger partial charge in [-0.3, -0.25) is 0 Å². The third kappa shape index (κ3) is 7.31. The lowest BCUT2D eigenvalue weighted by Crippen LogP contribution is -2.35. The molecule has 1 N–H and O–H groups in total. The largest absolute Gasteiger partial charge is 0.367 e. The smallest absolute Gasteiger partial charge is 0.159 e. The number of ether oxygens (including phenoxy) is 1. The highest BCUT2D eigenvalue weighted by Gasteiger charge is 2.31. The molecule has 0 saturated heterocycles. The van der Waals surface area contributed by atoms with Crippen molar-refractivity contribution in [2.75, 3.05) is 6.61 Å². The van der Waals surface area contributed by atoms with Gasteiger partial charge in [0.15, 0.2) is 6.29 Å². The highest BCUT2D eigenvalue weighted by molar-refractivity contribution is 4.76. The Kier molecular flexibility index (Phi) is 9.72. The summed E-state index contributed by atoms with van der Waals surface area (Å²) in [5, 5.41) is 10.3. The summed E-state index contributed by atoms with van der Waals surface area (Å²) in [5.41, 5.74) is -0.0912. The molecule has 4 unspecified atom stereocenters. The predicted octanol–water partition coefficient (Wildman–Crippen LogP) is 5.00. The first-order chi connectivity index (χ1) is 8.89. The van der Waals surface area contributed by atoms with Crippen LogP contribution in [0.4, 0.5) is 0 Å². The van der Waals surface area contributed by atoms with E-state index in [4.69, 9.17) is 4.74 Å². The van der Waals surface area contributed by atoms with E-state index in [9.17, 15) is 5.11 Å². The number of unbranched alkanes of at least 4 members (excludes halogenated alkanes) is 1. The number of hydrogen-bond acceptors (Lipinski definition) is 2. The van der Waals surface area contributed by atoms with Gasteiger partial charge in [-0.15, -0.1) is 0 Å². The molecule has 0 amide bonds. The van der Waals surface area contributed by atoms with Crippen LogP contribution in [0.2, 0.25) is 0 Å². The van der Waals surface area contributed by atoms with Crippen LogP contribution in [-0.4, -0.2) is 18.0 Å². The van der Waals surface area contributed by atoms with Gasteiger partial charge < -0.3 is 9.84 Å². The molecule has 19 heavy (non-hydrogen) atoms. The van der Waals surface area contributed by atoms with Gasteiger partial charge >= 0.3 is 0 Å². The summed E-state index contributed by atoms with van der Waals surface area (Å²) in [6.07, 6.45) is 6.12. The first-order valence-electron chi connectivity index (χ1n) is 8.19. The second kappa shape index (κ2) is 9.77. The van der Waals surface area contributed by atoms with Crippen LogP contribution in [0.25, 0.3) is 0 Å². The lowest BCUT2D eigenvalue weighted by atomic mass is 9.81. The van der Waals surface area contributed by atoms with E-state index in [0.29, 0.717) is 12.5 Å². The Morgan fingerprint density at radius 3 is 2.21 bits per heavy atom. The van der Waals surface area contributed by atoms with Crippen LogP contribution >= 0.6 is 0 Å². The van der Waals surface area contributed by atoms with Gasteiger partial charge in [0.25, 0.3) is 0 Å². The van der Waals surface area contributed by atoms with E-state index in [0.717, 1.165) is 25.2 Å². The second-order valence-corrected chi connectivity index (χ2v) is 6.65. The van der Waals surface area contributed by atoms with Crippen molar-refractivity contribution >= 4 is 0 Å². The highest BCUT2D eigenvalue weighted by atomic mass is 16.6. The van der Waals surface area contributed by atoms with Gasteiger partial charge in [-0.05, 0) is 31.1 Å². The van der Waals surface area contributed by atoms with E-state index in [1.807, 2.05) is 0 Å². The van der Waals surface area contributed by atoms with E-state index in [2.05, 4.69) is 41.5 Å². The molecule has 0 heterocycles. The van der Waals surface area contributed by atoms with Crippen LogP contribution in [-0.2, 0) is 4.74 Å². The summed E-state index contributed by atoms with van der Waals surface area (Å²) < 4.78 is 5.76. The van der Waals surface area contributed by atoms with Gasteiger partial charge in [-0.2, -0.15) is 0 Å². The van der Waals surface area contributed by atoms with Crippen molar-refractivity contribution < 1.29 is 9.84 Å². The maximum Gasteiger partial charge on any atom is 0.159 e.